The zero-order chi connectivity index (χ0) is 19.0. The van der Waals surface area contributed by atoms with Crippen molar-refractivity contribution in [2.24, 2.45) is 0 Å². The minimum absolute atomic E-state index is 0.199. The highest BCUT2D eigenvalue weighted by molar-refractivity contribution is 9.10. The van der Waals surface area contributed by atoms with Crippen LogP contribution in [-0.2, 0) is 6.42 Å². The van der Waals surface area contributed by atoms with Crippen molar-refractivity contribution in [1.29, 1.82) is 0 Å². The van der Waals surface area contributed by atoms with E-state index in [9.17, 15) is 14.7 Å². The lowest BCUT2D eigenvalue weighted by Gasteiger charge is -2.15. The maximum Gasteiger partial charge on any atom is 0.253 e. The number of H-pyrrole nitrogens is 1. The number of aromatic nitrogens is 2. The van der Waals surface area contributed by atoms with Gasteiger partial charge >= 0.3 is 0 Å². The number of fused-ring (bicyclic) bond motifs is 1. The van der Waals surface area contributed by atoms with Crippen LogP contribution < -0.4 is 21.5 Å². The molecule has 0 amide bonds. The number of aromatic hydroxyl groups is 1. The van der Waals surface area contributed by atoms with E-state index in [0.29, 0.717) is 18.7 Å². The van der Waals surface area contributed by atoms with Crippen LogP contribution in [0.3, 0.4) is 0 Å². The van der Waals surface area contributed by atoms with Gasteiger partial charge in [-0.25, -0.2) is 0 Å². The molecule has 8 heteroatoms. The topological polar surface area (TPSA) is 107 Å². The molecule has 0 saturated carbocycles. The summed E-state index contributed by atoms with van der Waals surface area (Å²) in [5, 5.41) is 23.4. The number of rotatable bonds is 6. The van der Waals surface area contributed by atoms with Crippen molar-refractivity contribution >= 4 is 43.9 Å². The first-order valence-electron chi connectivity index (χ1n) is 8.28. The maximum atomic E-state index is 12.0. The third-order valence-corrected chi connectivity index (χ3v) is 4.92. The van der Waals surface area contributed by atoms with Gasteiger partial charge in [0, 0.05) is 17.6 Å². The fourth-order valence-electron chi connectivity index (χ4n) is 2.92. The van der Waals surface area contributed by atoms with E-state index >= 15 is 0 Å². The third-order valence-electron chi connectivity index (χ3n) is 4.31. The second-order valence-corrected chi connectivity index (χ2v) is 6.94. The van der Waals surface area contributed by atoms with Crippen LogP contribution in [0.1, 0.15) is 5.56 Å². The van der Waals surface area contributed by atoms with Gasteiger partial charge in [-0.1, -0.05) is 12.1 Å². The van der Waals surface area contributed by atoms with Crippen molar-refractivity contribution in [3.63, 3.8) is 0 Å². The average Bonchev–Trinajstić information content (AvgIpc) is 3.04. The molecule has 4 aromatic rings. The second-order valence-electron chi connectivity index (χ2n) is 6.15. The number of phenolic OH excluding ortho intramolecular Hbond substituents is 1. The van der Waals surface area contributed by atoms with E-state index in [2.05, 4.69) is 36.8 Å². The van der Waals surface area contributed by atoms with Crippen LogP contribution >= 0.6 is 15.9 Å². The van der Waals surface area contributed by atoms with Crippen LogP contribution in [-0.4, -0.2) is 21.8 Å². The van der Waals surface area contributed by atoms with E-state index in [1.165, 1.54) is 0 Å². The van der Waals surface area contributed by atoms with E-state index in [1.807, 2.05) is 18.2 Å². The molecule has 0 bridgehead atoms. The fraction of sp³-hybridized carbons (Fsp3) is 0.105. The number of benzene rings is 2. The van der Waals surface area contributed by atoms with Crippen molar-refractivity contribution in [2.45, 2.75) is 6.42 Å². The van der Waals surface area contributed by atoms with Gasteiger partial charge in [-0.3, -0.25) is 14.7 Å². The van der Waals surface area contributed by atoms with Crippen molar-refractivity contribution in [1.82, 2.24) is 10.2 Å². The Morgan fingerprint density at radius 3 is 2.70 bits per heavy atom. The summed E-state index contributed by atoms with van der Waals surface area (Å²) >= 11 is 3.38. The van der Waals surface area contributed by atoms with E-state index in [0.717, 1.165) is 21.1 Å². The molecule has 0 atom stereocenters. The Balaban J connectivity index is 1.49. The van der Waals surface area contributed by atoms with Gasteiger partial charge in [-0.15, -0.1) is 0 Å². The molecule has 0 aliphatic rings. The first-order valence-corrected chi connectivity index (χ1v) is 9.08. The molecule has 27 heavy (non-hydrogen) atoms. The Labute approximate surface area is 161 Å². The standard InChI is InChI=1S/C19H15BrN4O3/c20-19-13-9-11(4-5-14(13)23-24-19)22-16-15(17(26)18(16)27)21-7-6-10-2-1-3-12(25)8-10/h1-5,8-9,21-22,25H,6-7H2,(H,23,24). The molecular weight excluding hydrogens is 412 g/mol. The van der Waals surface area contributed by atoms with Gasteiger partial charge in [-0.05, 0) is 58.2 Å². The SMILES string of the molecule is O=c1c(NCCc2cccc(O)c2)c(Nc2ccc3n[nH]c(Br)c3c2)c1=O. The highest BCUT2D eigenvalue weighted by atomic mass is 79.9. The number of anilines is 3. The second kappa shape index (κ2) is 6.88. The predicted octanol–water partition coefficient (Wildman–Crippen LogP) is 3.03. The number of nitrogens with one attached hydrogen (secondary N) is 3. The Morgan fingerprint density at radius 1 is 1.07 bits per heavy atom. The summed E-state index contributed by atoms with van der Waals surface area (Å²) in [6.45, 7) is 0.468. The maximum absolute atomic E-state index is 12.0. The monoisotopic (exact) mass is 426 g/mol. The average molecular weight is 427 g/mol. The van der Waals surface area contributed by atoms with Gasteiger partial charge in [0.05, 0.1) is 5.52 Å². The molecule has 0 radical (unpaired) electrons. The molecule has 1 aromatic heterocycles. The Hall–Kier alpha value is -3.13. The number of aromatic amines is 1. The van der Waals surface area contributed by atoms with E-state index in [1.54, 1.807) is 24.3 Å². The molecule has 4 rings (SSSR count). The lowest BCUT2D eigenvalue weighted by molar-refractivity contribution is 0.474. The Morgan fingerprint density at radius 2 is 1.89 bits per heavy atom. The van der Waals surface area contributed by atoms with Gasteiger partial charge < -0.3 is 15.7 Å². The third kappa shape index (κ3) is 3.31. The molecule has 4 N–H and O–H groups in total. The summed E-state index contributed by atoms with van der Waals surface area (Å²) in [6, 6.07) is 12.4. The molecular formula is C19H15BrN4O3. The molecule has 0 saturated heterocycles. The molecule has 1 heterocycles. The predicted molar refractivity (Wildman–Crippen MR) is 109 cm³/mol. The molecule has 0 aliphatic carbocycles. The smallest absolute Gasteiger partial charge is 0.253 e. The summed E-state index contributed by atoms with van der Waals surface area (Å²) in [4.78, 5) is 23.9. The Kier molecular flexibility index (Phi) is 4.41. The van der Waals surface area contributed by atoms with Crippen LogP contribution in [0, 0.1) is 0 Å². The quantitative estimate of drug-likeness (QED) is 0.353. The van der Waals surface area contributed by atoms with Gasteiger partial charge in [0.25, 0.3) is 10.9 Å². The molecule has 0 unspecified atom stereocenters. The highest BCUT2D eigenvalue weighted by Crippen LogP contribution is 2.27. The number of nitrogens with zero attached hydrogens (tertiary/aromatic N) is 1. The van der Waals surface area contributed by atoms with Crippen molar-refractivity contribution in [3.05, 3.63) is 73.1 Å². The minimum atomic E-state index is -0.541. The van der Waals surface area contributed by atoms with Gasteiger partial charge in [0.1, 0.15) is 21.7 Å². The van der Waals surface area contributed by atoms with E-state index < -0.39 is 10.9 Å². The van der Waals surface area contributed by atoms with Crippen molar-refractivity contribution in [3.8, 4) is 5.75 Å². The molecule has 0 aliphatic heterocycles. The molecule has 7 nitrogen and oxygen atoms in total. The number of halogens is 1. The highest BCUT2D eigenvalue weighted by Gasteiger charge is 2.21. The van der Waals surface area contributed by atoms with Gasteiger partial charge in [0.15, 0.2) is 0 Å². The zero-order valence-electron chi connectivity index (χ0n) is 14.0. The van der Waals surface area contributed by atoms with Crippen LogP contribution in [0.15, 0.2) is 56.7 Å². The molecule has 3 aromatic carbocycles. The lowest BCUT2D eigenvalue weighted by atomic mass is 10.1. The Bertz CT molecular complexity index is 1210. The van der Waals surface area contributed by atoms with Crippen molar-refractivity contribution < 1.29 is 5.11 Å². The van der Waals surface area contributed by atoms with Gasteiger partial charge in [-0.2, -0.15) is 5.10 Å². The summed E-state index contributed by atoms with van der Waals surface area (Å²) in [6.07, 6.45) is 0.612. The summed E-state index contributed by atoms with van der Waals surface area (Å²) < 4.78 is 0.746. The normalized spacial score (nSPS) is 11.1. The largest absolute Gasteiger partial charge is 0.508 e. The van der Waals surface area contributed by atoms with Crippen molar-refractivity contribution in [2.75, 3.05) is 17.2 Å². The fourth-order valence-corrected chi connectivity index (χ4v) is 3.33. The van der Waals surface area contributed by atoms with Crippen LogP contribution in [0.4, 0.5) is 17.1 Å². The van der Waals surface area contributed by atoms with Gasteiger partial charge in [0.2, 0.25) is 0 Å². The van der Waals surface area contributed by atoms with E-state index in [4.69, 9.17) is 0 Å². The van der Waals surface area contributed by atoms with Crippen LogP contribution in [0.25, 0.3) is 10.9 Å². The van der Waals surface area contributed by atoms with Crippen LogP contribution in [0.5, 0.6) is 5.75 Å². The molecule has 0 fully saturated rings. The first kappa shape index (κ1) is 17.3. The first-order chi connectivity index (χ1) is 13.0. The summed E-state index contributed by atoms with van der Waals surface area (Å²) in [7, 11) is 0. The zero-order valence-corrected chi connectivity index (χ0v) is 15.6. The van der Waals surface area contributed by atoms with E-state index in [-0.39, 0.29) is 17.1 Å². The number of phenols is 1. The van der Waals surface area contributed by atoms with Crippen LogP contribution in [0.2, 0.25) is 0 Å². The number of hydrogen-bond donors (Lipinski definition) is 4. The summed E-state index contributed by atoms with van der Waals surface area (Å²) in [5.74, 6) is 0.199. The lowest BCUT2D eigenvalue weighted by Crippen LogP contribution is -2.37. The molecule has 0 spiro atoms. The minimum Gasteiger partial charge on any atom is -0.508 e. The molecule has 136 valence electrons. The summed E-state index contributed by atoms with van der Waals surface area (Å²) in [5.41, 5.74) is 1.89. The number of hydrogen-bond acceptors (Lipinski definition) is 6.